The molecule has 0 saturated heterocycles. The van der Waals surface area contributed by atoms with E-state index in [-0.39, 0.29) is 5.41 Å². The van der Waals surface area contributed by atoms with Crippen molar-refractivity contribution in [3.8, 4) is 5.75 Å². The van der Waals surface area contributed by atoms with Crippen molar-refractivity contribution in [2.24, 2.45) is 22.7 Å². The summed E-state index contributed by atoms with van der Waals surface area (Å²) < 4.78 is 0. The van der Waals surface area contributed by atoms with Crippen molar-refractivity contribution in [3.63, 3.8) is 0 Å². The molecule has 2 fully saturated rings. The maximum Gasteiger partial charge on any atom is 0.118 e. The van der Waals surface area contributed by atoms with Crippen LogP contribution in [0, 0.1) is 22.7 Å². The molecule has 2 aliphatic rings. The molecule has 0 aliphatic heterocycles. The summed E-state index contributed by atoms with van der Waals surface area (Å²) in [6, 6.07) is 7.88. The molecule has 22 heavy (non-hydrogen) atoms. The Balaban J connectivity index is 1.98. The van der Waals surface area contributed by atoms with Gasteiger partial charge in [-0.25, -0.2) is 0 Å². The average Bonchev–Trinajstić information content (AvgIpc) is 2.49. The molecule has 1 N–H and O–H groups in total. The highest BCUT2D eigenvalue weighted by atomic mass is 16.3. The Labute approximate surface area is 135 Å². The molecule has 0 heterocycles. The zero-order valence-electron chi connectivity index (χ0n) is 14.4. The van der Waals surface area contributed by atoms with Crippen LogP contribution < -0.4 is 0 Å². The summed E-state index contributed by atoms with van der Waals surface area (Å²) in [5.74, 6) is 1.83. The second-order valence-corrected chi connectivity index (χ2v) is 8.22. The fourth-order valence-electron chi connectivity index (χ4n) is 5.34. The van der Waals surface area contributed by atoms with E-state index in [0.717, 1.165) is 12.0 Å². The predicted molar refractivity (Wildman–Crippen MR) is 92.9 cm³/mol. The van der Waals surface area contributed by atoms with Crippen molar-refractivity contribution in [1.82, 2.24) is 0 Å². The molecule has 2 aliphatic carbocycles. The zero-order valence-corrected chi connectivity index (χ0v) is 14.4. The van der Waals surface area contributed by atoms with Gasteiger partial charge in [-0.05, 0) is 72.8 Å². The van der Waals surface area contributed by atoms with Gasteiger partial charge in [0.1, 0.15) is 5.75 Å². The molecule has 1 aromatic rings. The van der Waals surface area contributed by atoms with Crippen molar-refractivity contribution >= 4 is 0 Å². The summed E-state index contributed by atoms with van der Waals surface area (Å²) in [5.41, 5.74) is 3.12. The number of phenolic OH excluding ortho intramolecular Hbond substituents is 1. The SMILES string of the molecule is C=C1CCC[C@H]2[C@](C)(Cc3ccccc3O)[C@@H](C)CC[C@@]12C. The average molecular weight is 298 g/mol. The molecule has 0 spiro atoms. The minimum absolute atomic E-state index is 0.245. The summed E-state index contributed by atoms with van der Waals surface area (Å²) in [7, 11) is 0. The zero-order chi connectivity index (χ0) is 16.0. The second kappa shape index (κ2) is 5.44. The molecule has 3 rings (SSSR count). The molecule has 1 aromatic carbocycles. The first-order valence-corrected chi connectivity index (χ1v) is 8.83. The number of rotatable bonds is 2. The number of hydrogen-bond acceptors (Lipinski definition) is 1. The minimum Gasteiger partial charge on any atom is -0.508 e. The van der Waals surface area contributed by atoms with Gasteiger partial charge in [-0.2, -0.15) is 0 Å². The molecule has 0 bridgehead atoms. The Morgan fingerprint density at radius 2 is 1.95 bits per heavy atom. The highest BCUT2D eigenvalue weighted by molar-refractivity contribution is 5.33. The van der Waals surface area contributed by atoms with E-state index in [9.17, 15) is 5.11 Å². The number of benzene rings is 1. The van der Waals surface area contributed by atoms with E-state index in [1.807, 2.05) is 18.2 Å². The lowest BCUT2D eigenvalue weighted by molar-refractivity contribution is -0.0491. The Morgan fingerprint density at radius 3 is 2.68 bits per heavy atom. The van der Waals surface area contributed by atoms with Crippen LogP contribution in [0.5, 0.6) is 5.75 Å². The van der Waals surface area contributed by atoms with Crippen LogP contribution in [0.3, 0.4) is 0 Å². The first-order chi connectivity index (χ1) is 10.4. The van der Waals surface area contributed by atoms with Crippen LogP contribution in [-0.2, 0) is 6.42 Å². The summed E-state index contributed by atoms with van der Waals surface area (Å²) in [6.45, 7) is 11.8. The van der Waals surface area contributed by atoms with Gasteiger partial charge in [0.2, 0.25) is 0 Å². The van der Waals surface area contributed by atoms with E-state index in [1.54, 1.807) is 0 Å². The number of phenols is 1. The third-order valence-electron chi connectivity index (χ3n) is 7.13. The van der Waals surface area contributed by atoms with Crippen molar-refractivity contribution in [2.45, 2.75) is 59.3 Å². The molecular weight excluding hydrogens is 268 g/mol. The van der Waals surface area contributed by atoms with Gasteiger partial charge in [0.25, 0.3) is 0 Å². The summed E-state index contributed by atoms with van der Waals surface area (Å²) in [5, 5.41) is 10.2. The first-order valence-electron chi connectivity index (χ1n) is 8.83. The highest BCUT2D eigenvalue weighted by Gasteiger charge is 2.53. The Bertz CT molecular complexity index is 575. The summed E-state index contributed by atoms with van der Waals surface area (Å²) in [4.78, 5) is 0. The van der Waals surface area contributed by atoms with Gasteiger partial charge in [0.05, 0.1) is 0 Å². The smallest absolute Gasteiger partial charge is 0.118 e. The van der Waals surface area contributed by atoms with E-state index in [4.69, 9.17) is 0 Å². The molecule has 0 unspecified atom stereocenters. The van der Waals surface area contributed by atoms with Gasteiger partial charge in [-0.1, -0.05) is 51.1 Å². The molecule has 0 amide bonds. The number of allylic oxidation sites excluding steroid dienone is 1. The number of aromatic hydroxyl groups is 1. The monoisotopic (exact) mass is 298 g/mol. The largest absolute Gasteiger partial charge is 0.508 e. The first kappa shape index (κ1) is 15.6. The lowest BCUT2D eigenvalue weighted by Crippen LogP contribution is -2.51. The van der Waals surface area contributed by atoms with Gasteiger partial charge < -0.3 is 5.11 Å². The van der Waals surface area contributed by atoms with Crippen LogP contribution in [0.4, 0.5) is 0 Å². The lowest BCUT2D eigenvalue weighted by Gasteiger charge is -2.58. The predicted octanol–water partition coefficient (Wildman–Crippen LogP) is 5.73. The Morgan fingerprint density at radius 1 is 1.23 bits per heavy atom. The Kier molecular flexibility index (Phi) is 3.87. The van der Waals surface area contributed by atoms with Gasteiger partial charge >= 0.3 is 0 Å². The minimum atomic E-state index is 0.245. The Hall–Kier alpha value is -1.24. The summed E-state index contributed by atoms with van der Waals surface area (Å²) in [6.07, 6.45) is 7.33. The highest BCUT2D eigenvalue weighted by Crippen LogP contribution is 2.62. The molecular formula is C21H30O. The van der Waals surface area contributed by atoms with Gasteiger partial charge in [-0.3, -0.25) is 0 Å². The standard InChI is InChI=1S/C21H30O/c1-15-8-7-11-19-20(15,3)13-12-16(2)21(19,4)14-17-9-5-6-10-18(17)22/h5-6,9-10,16,19,22H,1,7-8,11-14H2,2-4H3/t16-,19+,20-,21+/m0/s1. The molecule has 1 heteroatoms. The van der Waals surface area contributed by atoms with Crippen LogP contribution in [0.15, 0.2) is 36.4 Å². The lowest BCUT2D eigenvalue weighted by atomic mass is 9.46. The molecule has 2 saturated carbocycles. The second-order valence-electron chi connectivity index (χ2n) is 8.22. The molecule has 1 nitrogen and oxygen atoms in total. The van der Waals surface area contributed by atoms with Crippen LogP contribution in [0.25, 0.3) is 0 Å². The molecule has 0 radical (unpaired) electrons. The third kappa shape index (κ3) is 2.30. The fraction of sp³-hybridized carbons (Fsp3) is 0.619. The van der Waals surface area contributed by atoms with E-state index in [0.29, 0.717) is 23.0 Å². The maximum atomic E-state index is 10.2. The number of hydrogen-bond donors (Lipinski definition) is 1. The van der Waals surface area contributed by atoms with Crippen LogP contribution >= 0.6 is 0 Å². The van der Waals surface area contributed by atoms with Gasteiger partial charge in [-0.15, -0.1) is 0 Å². The summed E-state index contributed by atoms with van der Waals surface area (Å²) >= 11 is 0. The van der Waals surface area contributed by atoms with Crippen molar-refractivity contribution in [3.05, 3.63) is 42.0 Å². The topological polar surface area (TPSA) is 20.2 Å². The van der Waals surface area contributed by atoms with Crippen LogP contribution in [-0.4, -0.2) is 5.11 Å². The van der Waals surface area contributed by atoms with E-state index >= 15 is 0 Å². The van der Waals surface area contributed by atoms with E-state index < -0.39 is 0 Å². The molecule has 0 aromatic heterocycles. The van der Waals surface area contributed by atoms with Crippen molar-refractivity contribution < 1.29 is 5.11 Å². The van der Waals surface area contributed by atoms with Gasteiger partial charge in [0.15, 0.2) is 0 Å². The molecule has 4 atom stereocenters. The quantitative estimate of drug-likeness (QED) is 0.691. The van der Waals surface area contributed by atoms with Crippen molar-refractivity contribution in [1.29, 1.82) is 0 Å². The third-order valence-corrected chi connectivity index (χ3v) is 7.13. The van der Waals surface area contributed by atoms with E-state index in [1.165, 1.54) is 37.7 Å². The number of fused-ring (bicyclic) bond motifs is 1. The fourth-order valence-corrected chi connectivity index (χ4v) is 5.34. The van der Waals surface area contributed by atoms with Crippen LogP contribution in [0.1, 0.15) is 58.4 Å². The van der Waals surface area contributed by atoms with Gasteiger partial charge in [0, 0.05) is 0 Å². The normalized spacial score (nSPS) is 38.6. The van der Waals surface area contributed by atoms with E-state index in [2.05, 4.69) is 33.4 Å². The van der Waals surface area contributed by atoms with Crippen LogP contribution in [0.2, 0.25) is 0 Å². The van der Waals surface area contributed by atoms with Crippen molar-refractivity contribution in [2.75, 3.05) is 0 Å². The number of para-hydroxylation sites is 1. The molecule has 120 valence electrons. The maximum absolute atomic E-state index is 10.2.